The van der Waals surface area contributed by atoms with E-state index in [-0.39, 0.29) is 17.5 Å². The van der Waals surface area contributed by atoms with Crippen LogP contribution in [0.3, 0.4) is 0 Å². The van der Waals surface area contributed by atoms with Crippen molar-refractivity contribution in [2.24, 2.45) is 7.05 Å². The minimum absolute atomic E-state index is 0.216. The zero-order valence-electron chi connectivity index (χ0n) is 14.1. The molecule has 0 bridgehead atoms. The Morgan fingerprint density at radius 3 is 2.71 bits per heavy atom. The number of amides is 2. The summed E-state index contributed by atoms with van der Waals surface area (Å²) in [5.41, 5.74) is 1.43. The molecule has 0 aliphatic rings. The zero-order chi connectivity index (χ0) is 17.5. The smallest absolute Gasteiger partial charge is 0.273 e. The number of hydrogen-bond acceptors (Lipinski definition) is 4. The van der Waals surface area contributed by atoms with Gasteiger partial charge >= 0.3 is 0 Å². The van der Waals surface area contributed by atoms with Crippen LogP contribution < -0.4 is 10.6 Å². The molecule has 0 fully saturated rings. The van der Waals surface area contributed by atoms with Crippen LogP contribution >= 0.6 is 0 Å². The van der Waals surface area contributed by atoms with Gasteiger partial charge in [0.15, 0.2) is 5.69 Å². The molecule has 8 nitrogen and oxygen atoms in total. The van der Waals surface area contributed by atoms with Crippen LogP contribution in [0.25, 0.3) is 6.08 Å². The van der Waals surface area contributed by atoms with Crippen molar-refractivity contribution in [2.45, 2.75) is 26.8 Å². The van der Waals surface area contributed by atoms with E-state index in [0.717, 1.165) is 12.0 Å². The molecule has 2 rings (SSSR count). The van der Waals surface area contributed by atoms with Crippen LogP contribution in [-0.2, 0) is 18.4 Å². The number of aromatic nitrogens is 4. The van der Waals surface area contributed by atoms with Gasteiger partial charge in [-0.25, -0.2) is 0 Å². The summed E-state index contributed by atoms with van der Waals surface area (Å²) < 4.78 is 3.26. The van der Waals surface area contributed by atoms with E-state index in [4.69, 9.17) is 0 Å². The maximum absolute atomic E-state index is 12.1. The van der Waals surface area contributed by atoms with Crippen LogP contribution in [0.15, 0.2) is 24.7 Å². The standard InChI is InChI=1S/C16H22N6O2/c1-4-8-17-16(24)15-13(11-22(5-2)20-15)19-14(23)7-6-12-9-18-21(3)10-12/h6-7,9-11H,4-5,8H2,1-3H3,(H,17,24)(H,19,23)/b7-6+. The highest BCUT2D eigenvalue weighted by Gasteiger charge is 2.17. The Balaban J connectivity index is 2.09. The largest absolute Gasteiger partial charge is 0.351 e. The number of anilines is 1. The van der Waals surface area contributed by atoms with Crippen molar-refractivity contribution in [3.8, 4) is 0 Å². The van der Waals surface area contributed by atoms with Crippen molar-refractivity contribution >= 4 is 23.6 Å². The van der Waals surface area contributed by atoms with Gasteiger partial charge in [-0.15, -0.1) is 0 Å². The third-order valence-electron chi connectivity index (χ3n) is 3.25. The molecule has 24 heavy (non-hydrogen) atoms. The van der Waals surface area contributed by atoms with Crippen LogP contribution in [0.4, 0.5) is 5.69 Å². The maximum atomic E-state index is 12.1. The van der Waals surface area contributed by atoms with Crippen LogP contribution in [0.5, 0.6) is 0 Å². The van der Waals surface area contributed by atoms with Gasteiger partial charge in [0.1, 0.15) is 0 Å². The summed E-state index contributed by atoms with van der Waals surface area (Å²) in [6.07, 6.45) is 8.98. The Hall–Kier alpha value is -2.90. The Labute approximate surface area is 140 Å². The molecule has 2 aromatic rings. The molecule has 0 saturated carbocycles. The average Bonchev–Trinajstić information content (AvgIpc) is 3.16. The Bertz CT molecular complexity index is 744. The summed E-state index contributed by atoms with van der Waals surface area (Å²) in [5.74, 6) is -0.630. The fraction of sp³-hybridized carbons (Fsp3) is 0.375. The lowest BCUT2D eigenvalue weighted by molar-refractivity contribution is -0.111. The second kappa shape index (κ2) is 8.09. The minimum Gasteiger partial charge on any atom is -0.351 e. The van der Waals surface area contributed by atoms with Gasteiger partial charge < -0.3 is 10.6 Å². The van der Waals surface area contributed by atoms with E-state index < -0.39 is 0 Å². The van der Waals surface area contributed by atoms with Crippen molar-refractivity contribution in [1.82, 2.24) is 24.9 Å². The van der Waals surface area contributed by atoms with Gasteiger partial charge in [0.2, 0.25) is 5.91 Å². The summed E-state index contributed by atoms with van der Waals surface area (Å²) >= 11 is 0. The van der Waals surface area contributed by atoms with Gasteiger partial charge in [0, 0.05) is 44.2 Å². The molecule has 0 aliphatic heterocycles. The van der Waals surface area contributed by atoms with E-state index in [9.17, 15) is 9.59 Å². The molecule has 0 aromatic carbocycles. The molecule has 0 saturated heterocycles. The topological polar surface area (TPSA) is 93.8 Å². The monoisotopic (exact) mass is 330 g/mol. The van der Waals surface area contributed by atoms with Crippen molar-refractivity contribution in [2.75, 3.05) is 11.9 Å². The van der Waals surface area contributed by atoms with Gasteiger partial charge in [-0.2, -0.15) is 10.2 Å². The lowest BCUT2D eigenvalue weighted by Crippen LogP contribution is -2.26. The second-order valence-corrected chi connectivity index (χ2v) is 5.27. The molecule has 128 valence electrons. The summed E-state index contributed by atoms with van der Waals surface area (Å²) in [4.78, 5) is 24.2. The second-order valence-electron chi connectivity index (χ2n) is 5.27. The molecule has 0 radical (unpaired) electrons. The summed E-state index contributed by atoms with van der Waals surface area (Å²) in [6.45, 7) is 5.05. The number of rotatable bonds is 7. The fourth-order valence-corrected chi connectivity index (χ4v) is 2.04. The lowest BCUT2D eigenvalue weighted by atomic mass is 10.3. The van der Waals surface area contributed by atoms with Crippen molar-refractivity contribution < 1.29 is 9.59 Å². The highest BCUT2D eigenvalue weighted by atomic mass is 16.2. The number of carbonyl (C=O) groups excluding carboxylic acids is 2. The van der Waals surface area contributed by atoms with E-state index in [0.29, 0.717) is 18.8 Å². The van der Waals surface area contributed by atoms with E-state index in [1.54, 1.807) is 41.1 Å². The number of hydrogen-bond donors (Lipinski definition) is 2. The average molecular weight is 330 g/mol. The molecule has 0 aliphatic carbocycles. The van der Waals surface area contributed by atoms with Crippen molar-refractivity contribution in [3.63, 3.8) is 0 Å². The van der Waals surface area contributed by atoms with E-state index in [1.165, 1.54) is 6.08 Å². The first kappa shape index (κ1) is 17.5. The van der Waals surface area contributed by atoms with E-state index in [1.807, 2.05) is 13.8 Å². The number of nitrogens with one attached hydrogen (secondary N) is 2. The zero-order valence-corrected chi connectivity index (χ0v) is 14.1. The fourth-order valence-electron chi connectivity index (χ4n) is 2.04. The molecule has 0 unspecified atom stereocenters. The Morgan fingerprint density at radius 1 is 1.29 bits per heavy atom. The minimum atomic E-state index is -0.334. The summed E-state index contributed by atoms with van der Waals surface area (Å²) in [7, 11) is 1.80. The van der Waals surface area contributed by atoms with Gasteiger partial charge in [0.05, 0.1) is 11.9 Å². The first-order chi connectivity index (χ1) is 11.5. The molecule has 8 heteroatoms. The highest BCUT2D eigenvalue weighted by Crippen LogP contribution is 2.14. The highest BCUT2D eigenvalue weighted by molar-refractivity contribution is 6.06. The first-order valence-corrected chi connectivity index (χ1v) is 7.86. The number of aryl methyl sites for hydroxylation is 2. The summed E-state index contributed by atoms with van der Waals surface area (Å²) in [6, 6.07) is 0. The predicted octanol–water partition coefficient (Wildman–Crippen LogP) is 1.43. The lowest BCUT2D eigenvalue weighted by Gasteiger charge is -2.03. The quantitative estimate of drug-likeness (QED) is 0.751. The Kier molecular flexibility index (Phi) is 5.89. The third-order valence-corrected chi connectivity index (χ3v) is 3.25. The predicted molar refractivity (Wildman–Crippen MR) is 91.4 cm³/mol. The SMILES string of the molecule is CCCNC(=O)c1nn(CC)cc1NC(=O)/C=C/c1cnn(C)c1. The number of carbonyl (C=O) groups is 2. The molecule has 0 atom stereocenters. The normalized spacial score (nSPS) is 11.0. The molecular formula is C16H22N6O2. The van der Waals surface area contributed by atoms with Crippen molar-refractivity contribution in [3.05, 3.63) is 35.9 Å². The van der Waals surface area contributed by atoms with Gasteiger partial charge in [-0.05, 0) is 19.4 Å². The van der Waals surface area contributed by atoms with Crippen LogP contribution in [0, 0.1) is 0 Å². The number of nitrogens with zero attached hydrogens (tertiary/aromatic N) is 4. The molecule has 2 N–H and O–H groups in total. The molecular weight excluding hydrogens is 308 g/mol. The van der Waals surface area contributed by atoms with Gasteiger partial charge in [0.25, 0.3) is 5.91 Å². The maximum Gasteiger partial charge on any atom is 0.273 e. The van der Waals surface area contributed by atoms with Gasteiger partial charge in [-0.3, -0.25) is 19.0 Å². The van der Waals surface area contributed by atoms with E-state index in [2.05, 4.69) is 20.8 Å². The first-order valence-electron chi connectivity index (χ1n) is 7.86. The van der Waals surface area contributed by atoms with Gasteiger partial charge in [-0.1, -0.05) is 6.92 Å². The third kappa shape index (κ3) is 4.55. The van der Waals surface area contributed by atoms with E-state index >= 15 is 0 Å². The van der Waals surface area contributed by atoms with Crippen LogP contribution in [0.2, 0.25) is 0 Å². The van der Waals surface area contributed by atoms with Crippen LogP contribution in [-0.4, -0.2) is 37.9 Å². The Morgan fingerprint density at radius 2 is 2.08 bits per heavy atom. The van der Waals surface area contributed by atoms with Crippen molar-refractivity contribution in [1.29, 1.82) is 0 Å². The molecule has 0 spiro atoms. The summed E-state index contributed by atoms with van der Waals surface area (Å²) in [5, 5.41) is 13.7. The molecule has 2 amide bonds. The van der Waals surface area contributed by atoms with Crippen LogP contribution in [0.1, 0.15) is 36.3 Å². The molecule has 2 aromatic heterocycles. The molecule has 2 heterocycles.